The molecule has 2 unspecified atom stereocenters. The third-order valence-electron chi connectivity index (χ3n) is 3.41. The van der Waals surface area contributed by atoms with E-state index in [1.54, 1.807) is 0 Å². The van der Waals surface area contributed by atoms with E-state index in [0.29, 0.717) is 12.0 Å². The van der Waals surface area contributed by atoms with Crippen molar-refractivity contribution in [1.29, 1.82) is 0 Å². The number of aromatic hydroxyl groups is 2. The number of aliphatic carboxylic acids is 1. The number of hydrogen-bond donors (Lipinski definition) is 5. The van der Waals surface area contributed by atoms with Gasteiger partial charge in [-0.1, -0.05) is 6.07 Å². The predicted molar refractivity (Wildman–Crippen MR) is 74.2 cm³/mol. The Labute approximate surface area is 125 Å². The molecule has 0 spiro atoms. The maximum Gasteiger partial charge on any atom is 0.326 e. The zero-order valence-electron chi connectivity index (χ0n) is 11.6. The van der Waals surface area contributed by atoms with Crippen LogP contribution in [0, 0.1) is 0 Å². The molecule has 2 amide bonds. The van der Waals surface area contributed by atoms with E-state index in [1.165, 1.54) is 18.2 Å². The van der Waals surface area contributed by atoms with E-state index in [-0.39, 0.29) is 30.2 Å². The van der Waals surface area contributed by atoms with Crippen LogP contribution in [0.5, 0.6) is 11.5 Å². The van der Waals surface area contributed by atoms with Crippen LogP contribution in [0.15, 0.2) is 18.2 Å². The first kappa shape index (κ1) is 15.6. The van der Waals surface area contributed by atoms with Gasteiger partial charge in [0.05, 0.1) is 0 Å². The molecule has 2 rings (SSSR count). The van der Waals surface area contributed by atoms with Gasteiger partial charge in [0.15, 0.2) is 11.5 Å². The van der Waals surface area contributed by atoms with Gasteiger partial charge >= 0.3 is 5.97 Å². The highest BCUT2D eigenvalue weighted by Gasteiger charge is 2.30. The summed E-state index contributed by atoms with van der Waals surface area (Å²) in [4.78, 5) is 34.3. The van der Waals surface area contributed by atoms with Crippen molar-refractivity contribution in [3.63, 3.8) is 0 Å². The second-order valence-corrected chi connectivity index (χ2v) is 5.09. The Morgan fingerprint density at radius 1 is 1.32 bits per heavy atom. The van der Waals surface area contributed by atoms with E-state index in [0.717, 1.165) is 0 Å². The molecular formula is C14H16N2O6. The van der Waals surface area contributed by atoms with Crippen molar-refractivity contribution in [1.82, 2.24) is 10.6 Å². The van der Waals surface area contributed by atoms with Gasteiger partial charge in [-0.05, 0) is 24.1 Å². The van der Waals surface area contributed by atoms with E-state index >= 15 is 0 Å². The number of carbonyl (C=O) groups excluding carboxylic acids is 2. The number of benzene rings is 1. The lowest BCUT2D eigenvalue weighted by Crippen LogP contribution is -2.49. The maximum absolute atomic E-state index is 11.9. The highest BCUT2D eigenvalue weighted by molar-refractivity contribution is 5.92. The van der Waals surface area contributed by atoms with Crippen LogP contribution in [0.1, 0.15) is 18.4 Å². The molecule has 0 saturated carbocycles. The summed E-state index contributed by atoms with van der Waals surface area (Å²) in [7, 11) is 0. The molecule has 1 aromatic carbocycles. The van der Waals surface area contributed by atoms with E-state index < -0.39 is 24.0 Å². The van der Waals surface area contributed by atoms with E-state index in [2.05, 4.69) is 10.6 Å². The van der Waals surface area contributed by atoms with Gasteiger partial charge in [0.2, 0.25) is 11.8 Å². The van der Waals surface area contributed by atoms with Gasteiger partial charge in [-0.25, -0.2) is 4.79 Å². The van der Waals surface area contributed by atoms with Crippen LogP contribution in [-0.2, 0) is 20.8 Å². The lowest BCUT2D eigenvalue weighted by atomic mass is 10.0. The number of carboxylic acids is 1. The fourth-order valence-electron chi connectivity index (χ4n) is 2.21. The molecular weight excluding hydrogens is 292 g/mol. The topological polar surface area (TPSA) is 136 Å². The summed E-state index contributed by atoms with van der Waals surface area (Å²) >= 11 is 0. The van der Waals surface area contributed by atoms with Crippen molar-refractivity contribution in [3.05, 3.63) is 23.8 Å². The molecule has 1 aliphatic rings. The van der Waals surface area contributed by atoms with Crippen LogP contribution in [0.4, 0.5) is 0 Å². The van der Waals surface area contributed by atoms with Gasteiger partial charge in [0, 0.05) is 12.8 Å². The number of amides is 2. The third-order valence-corrected chi connectivity index (χ3v) is 3.41. The minimum absolute atomic E-state index is 0.0599. The Kier molecular flexibility index (Phi) is 4.50. The Bertz CT molecular complexity index is 615. The van der Waals surface area contributed by atoms with E-state index in [9.17, 15) is 29.7 Å². The number of nitrogens with one attached hydrogen (secondary N) is 2. The molecule has 0 radical (unpaired) electrons. The molecule has 1 aliphatic heterocycles. The van der Waals surface area contributed by atoms with Gasteiger partial charge in [-0.2, -0.15) is 0 Å². The summed E-state index contributed by atoms with van der Waals surface area (Å²) in [6, 6.07) is 2.00. The van der Waals surface area contributed by atoms with Crippen molar-refractivity contribution in [2.75, 3.05) is 0 Å². The second-order valence-electron chi connectivity index (χ2n) is 5.09. The molecule has 5 N–H and O–H groups in total. The van der Waals surface area contributed by atoms with Gasteiger partial charge in [0.1, 0.15) is 12.1 Å². The second kappa shape index (κ2) is 6.33. The predicted octanol–water partition coefficient (Wildman–Crippen LogP) is -0.512. The lowest BCUT2D eigenvalue weighted by Gasteiger charge is -2.17. The average molecular weight is 308 g/mol. The van der Waals surface area contributed by atoms with Gasteiger partial charge < -0.3 is 26.0 Å². The summed E-state index contributed by atoms with van der Waals surface area (Å²) in [5, 5.41) is 32.6. The van der Waals surface area contributed by atoms with Gasteiger partial charge in [-0.15, -0.1) is 0 Å². The molecule has 0 aromatic heterocycles. The summed E-state index contributed by atoms with van der Waals surface area (Å²) < 4.78 is 0. The van der Waals surface area contributed by atoms with Crippen LogP contribution in [0.3, 0.4) is 0 Å². The third kappa shape index (κ3) is 3.66. The molecule has 22 heavy (non-hydrogen) atoms. The molecule has 0 aliphatic carbocycles. The number of carboxylic acid groups (broad SMARTS) is 1. The van der Waals surface area contributed by atoms with E-state index in [1.807, 2.05) is 0 Å². The first-order valence-corrected chi connectivity index (χ1v) is 6.70. The van der Waals surface area contributed by atoms with Crippen LogP contribution in [0.2, 0.25) is 0 Å². The molecule has 1 aromatic rings. The monoisotopic (exact) mass is 308 g/mol. The number of rotatable bonds is 5. The Morgan fingerprint density at radius 2 is 2.05 bits per heavy atom. The molecule has 8 heteroatoms. The molecule has 1 saturated heterocycles. The van der Waals surface area contributed by atoms with Gasteiger partial charge in [0.25, 0.3) is 0 Å². The fraction of sp³-hybridized carbons (Fsp3) is 0.357. The zero-order valence-corrected chi connectivity index (χ0v) is 11.6. The average Bonchev–Trinajstić information content (AvgIpc) is 2.88. The van der Waals surface area contributed by atoms with Crippen molar-refractivity contribution < 1.29 is 29.7 Å². The molecule has 118 valence electrons. The molecule has 0 bridgehead atoms. The standard InChI is InChI=1S/C14H16N2O6/c17-10-3-1-7(6-11(10)18)5-9(14(21)22)16-13(20)8-2-4-12(19)15-8/h1,3,6,8-9,17-18H,2,4-5H2,(H,15,19)(H,16,20)(H,21,22). The highest BCUT2D eigenvalue weighted by atomic mass is 16.4. The number of phenolic OH excluding ortho intramolecular Hbond substituents is 2. The van der Waals surface area contributed by atoms with Crippen molar-refractivity contribution in [2.24, 2.45) is 0 Å². The first-order chi connectivity index (χ1) is 10.4. The molecule has 1 fully saturated rings. The quantitative estimate of drug-likeness (QED) is 0.465. The van der Waals surface area contributed by atoms with Gasteiger partial charge in [-0.3, -0.25) is 9.59 Å². The van der Waals surface area contributed by atoms with E-state index in [4.69, 9.17) is 0 Å². The maximum atomic E-state index is 11.9. The Morgan fingerprint density at radius 3 is 2.59 bits per heavy atom. The molecule has 1 heterocycles. The summed E-state index contributed by atoms with van der Waals surface area (Å²) in [5.41, 5.74) is 0.443. The lowest BCUT2D eigenvalue weighted by molar-refractivity contribution is -0.142. The number of hydrogen-bond acceptors (Lipinski definition) is 5. The fourth-order valence-corrected chi connectivity index (χ4v) is 2.21. The van der Waals surface area contributed by atoms with Crippen molar-refractivity contribution >= 4 is 17.8 Å². The highest BCUT2D eigenvalue weighted by Crippen LogP contribution is 2.25. The zero-order chi connectivity index (χ0) is 16.3. The smallest absolute Gasteiger partial charge is 0.326 e. The minimum atomic E-state index is -1.23. The first-order valence-electron chi connectivity index (χ1n) is 6.70. The Balaban J connectivity index is 2.03. The normalized spacial score (nSPS) is 18.5. The van der Waals surface area contributed by atoms with Crippen LogP contribution in [-0.4, -0.2) is 45.2 Å². The van der Waals surface area contributed by atoms with Crippen LogP contribution in [0.25, 0.3) is 0 Å². The minimum Gasteiger partial charge on any atom is -0.504 e. The van der Waals surface area contributed by atoms with Crippen molar-refractivity contribution in [3.8, 4) is 11.5 Å². The number of carbonyl (C=O) groups is 3. The SMILES string of the molecule is O=C1CCC(C(=O)NC(Cc2ccc(O)c(O)c2)C(=O)O)N1. The molecule has 2 atom stereocenters. The largest absolute Gasteiger partial charge is 0.504 e. The summed E-state index contributed by atoms with van der Waals surface area (Å²) in [6.07, 6.45) is 0.508. The number of phenols is 2. The Hall–Kier alpha value is -2.77. The summed E-state index contributed by atoms with van der Waals surface area (Å²) in [6.45, 7) is 0. The van der Waals surface area contributed by atoms with Crippen LogP contribution >= 0.6 is 0 Å². The summed E-state index contributed by atoms with van der Waals surface area (Å²) in [5.74, 6) is -2.70. The van der Waals surface area contributed by atoms with Crippen molar-refractivity contribution in [2.45, 2.75) is 31.3 Å². The molecule has 8 nitrogen and oxygen atoms in total. The van der Waals surface area contributed by atoms with Crippen LogP contribution < -0.4 is 10.6 Å².